The van der Waals surface area contributed by atoms with Crippen molar-refractivity contribution in [3.63, 3.8) is 0 Å². The highest BCUT2D eigenvalue weighted by molar-refractivity contribution is 9.10. The summed E-state index contributed by atoms with van der Waals surface area (Å²) >= 11 is 8.57. The minimum absolute atomic E-state index is 0.351. The number of hydrogen-bond acceptors (Lipinski definition) is 3. The van der Waals surface area contributed by atoms with E-state index in [0.29, 0.717) is 4.99 Å². The second-order valence-electron chi connectivity index (χ2n) is 4.36. The molecule has 0 aliphatic carbocycles. The van der Waals surface area contributed by atoms with Gasteiger partial charge in [-0.3, -0.25) is 0 Å². The summed E-state index contributed by atoms with van der Waals surface area (Å²) < 4.78 is 6.31. The molecule has 0 saturated heterocycles. The standard InChI is InChI=1S/C15H15BrN2OS/c1-9-7-10(3-6-13(9)16)18-14-8-11(19-2)4-5-12(14)15(17)20/h3-8,18H,1-2H3,(H2,17,20). The molecule has 5 heteroatoms. The molecule has 0 aliphatic heterocycles. The fourth-order valence-corrected chi connectivity index (χ4v) is 2.27. The van der Waals surface area contributed by atoms with Gasteiger partial charge in [-0.05, 0) is 42.8 Å². The van der Waals surface area contributed by atoms with Crippen LogP contribution in [0.1, 0.15) is 11.1 Å². The predicted molar refractivity (Wildman–Crippen MR) is 91.0 cm³/mol. The molecule has 104 valence electrons. The normalized spacial score (nSPS) is 10.2. The van der Waals surface area contributed by atoms with Crippen LogP contribution < -0.4 is 15.8 Å². The molecule has 2 aromatic carbocycles. The number of rotatable bonds is 4. The lowest BCUT2D eigenvalue weighted by molar-refractivity contribution is 0.415. The average Bonchev–Trinajstić information content (AvgIpc) is 2.42. The number of benzene rings is 2. The van der Waals surface area contributed by atoms with Crippen LogP contribution in [0, 0.1) is 6.92 Å². The van der Waals surface area contributed by atoms with E-state index in [1.165, 1.54) is 0 Å². The van der Waals surface area contributed by atoms with E-state index >= 15 is 0 Å². The number of anilines is 2. The minimum atomic E-state index is 0.351. The topological polar surface area (TPSA) is 47.3 Å². The summed E-state index contributed by atoms with van der Waals surface area (Å²) in [6.07, 6.45) is 0. The molecule has 0 aromatic heterocycles. The van der Waals surface area contributed by atoms with Gasteiger partial charge in [-0.15, -0.1) is 0 Å². The zero-order chi connectivity index (χ0) is 14.7. The van der Waals surface area contributed by atoms with Gasteiger partial charge in [0.15, 0.2) is 0 Å². The number of ether oxygens (including phenoxy) is 1. The van der Waals surface area contributed by atoms with Crippen molar-refractivity contribution in [3.8, 4) is 5.75 Å². The number of nitrogens with one attached hydrogen (secondary N) is 1. The van der Waals surface area contributed by atoms with Gasteiger partial charge in [-0.2, -0.15) is 0 Å². The highest BCUT2D eigenvalue weighted by Crippen LogP contribution is 2.28. The van der Waals surface area contributed by atoms with E-state index in [2.05, 4.69) is 21.2 Å². The van der Waals surface area contributed by atoms with Gasteiger partial charge in [0, 0.05) is 21.8 Å². The fourth-order valence-electron chi connectivity index (χ4n) is 1.85. The van der Waals surface area contributed by atoms with E-state index in [0.717, 1.165) is 32.7 Å². The van der Waals surface area contributed by atoms with Crippen LogP contribution in [0.25, 0.3) is 0 Å². The van der Waals surface area contributed by atoms with Crippen LogP contribution >= 0.6 is 28.1 Å². The van der Waals surface area contributed by atoms with Crippen molar-refractivity contribution in [2.75, 3.05) is 12.4 Å². The Morgan fingerprint density at radius 3 is 2.60 bits per heavy atom. The SMILES string of the molecule is COc1ccc(C(N)=S)c(Nc2ccc(Br)c(C)c2)c1. The third kappa shape index (κ3) is 3.29. The Balaban J connectivity index is 2.40. The Kier molecular flexibility index (Phi) is 4.62. The molecule has 3 nitrogen and oxygen atoms in total. The lowest BCUT2D eigenvalue weighted by Crippen LogP contribution is -2.12. The Morgan fingerprint density at radius 1 is 1.25 bits per heavy atom. The summed E-state index contributed by atoms with van der Waals surface area (Å²) in [6.45, 7) is 2.04. The van der Waals surface area contributed by atoms with Crippen molar-refractivity contribution < 1.29 is 4.74 Å². The van der Waals surface area contributed by atoms with Crippen LogP contribution in [0.4, 0.5) is 11.4 Å². The largest absolute Gasteiger partial charge is 0.497 e. The van der Waals surface area contributed by atoms with Gasteiger partial charge in [0.05, 0.1) is 12.8 Å². The van der Waals surface area contributed by atoms with Gasteiger partial charge in [-0.1, -0.05) is 28.1 Å². The van der Waals surface area contributed by atoms with Gasteiger partial charge in [0.1, 0.15) is 10.7 Å². The molecule has 0 bridgehead atoms. The molecule has 2 rings (SSSR count). The number of hydrogen-bond donors (Lipinski definition) is 2. The zero-order valence-corrected chi connectivity index (χ0v) is 13.6. The molecule has 20 heavy (non-hydrogen) atoms. The van der Waals surface area contributed by atoms with Crippen LogP contribution in [-0.4, -0.2) is 12.1 Å². The highest BCUT2D eigenvalue weighted by atomic mass is 79.9. The lowest BCUT2D eigenvalue weighted by Gasteiger charge is -2.13. The molecule has 0 amide bonds. The molecule has 0 atom stereocenters. The monoisotopic (exact) mass is 350 g/mol. The smallest absolute Gasteiger partial charge is 0.120 e. The van der Waals surface area contributed by atoms with Crippen molar-refractivity contribution in [3.05, 3.63) is 52.0 Å². The molecular formula is C15H15BrN2OS. The molecule has 2 aromatic rings. The van der Waals surface area contributed by atoms with Crippen LogP contribution in [0.3, 0.4) is 0 Å². The minimum Gasteiger partial charge on any atom is -0.497 e. The molecule has 0 radical (unpaired) electrons. The van der Waals surface area contributed by atoms with Crippen molar-refractivity contribution >= 4 is 44.5 Å². The molecule has 0 fully saturated rings. The van der Waals surface area contributed by atoms with Crippen LogP contribution in [-0.2, 0) is 0 Å². The second kappa shape index (κ2) is 6.24. The predicted octanol–water partition coefficient (Wildman–Crippen LogP) is 4.14. The van der Waals surface area contributed by atoms with E-state index in [1.54, 1.807) is 7.11 Å². The van der Waals surface area contributed by atoms with E-state index < -0.39 is 0 Å². The van der Waals surface area contributed by atoms with Gasteiger partial charge < -0.3 is 15.8 Å². The second-order valence-corrected chi connectivity index (χ2v) is 5.66. The molecule has 0 spiro atoms. The van der Waals surface area contributed by atoms with E-state index in [1.807, 2.05) is 43.3 Å². The number of methoxy groups -OCH3 is 1. The zero-order valence-electron chi connectivity index (χ0n) is 11.2. The lowest BCUT2D eigenvalue weighted by atomic mass is 10.1. The molecule has 0 saturated carbocycles. The maximum atomic E-state index is 5.76. The van der Waals surface area contributed by atoms with Crippen LogP contribution in [0.2, 0.25) is 0 Å². The molecule has 3 N–H and O–H groups in total. The van der Waals surface area contributed by atoms with Crippen LogP contribution in [0.15, 0.2) is 40.9 Å². The Hall–Kier alpha value is -1.59. The first-order valence-corrected chi connectivity index (χ1v) is 7.22. The molecule has 0 heterocycles. The molecule has 0 aliphatic rings. The Bertz CT molecular complexity index is 658. The average molecular weight is 351 g/mol. The fraction of sp³-hybridized carbons (Fsp3) is 0.133. The van der Waals surface area contributed by atoms with Gasteiger partial charge in [0.25, 0.3) is 0 Å². The van der Waals surface area contributed by atoms with Gasteiger partial charge in [-0.25, -0.2) is 0 Å². The van der Waals surface area contributed by atoms with Gasteiger partial charge in [0.2, 0.25) is 0 Å². The third-order valence-corrected chi connectivity index (χ3v) is 4.04. The van der Waals surface area contributed by atoms with E-state index in [4.69, 9.17) is 22.7 Å². The first-order chi connectivity index (χ1) is 9.51. The summed E-state index contributed by atoms with van der Waals surface area (Å²) in [5, 5.41) is 3.33. The van der Waals surface area contributed by atoms with Gasteiger partial charge >= 0.3 is 0 Å². The first kappa shape index (κ1) is 14.8. The number of halogens is 1. The Morgan fingerprint density at radius 2 is 2.00 bits per heavy atom. The summed E-state index contributed by atoms with van der Waals surface area (Å²) in [5.41, 5.74) is 9.50. The quantitative estimate of drug-likeness (QED) is 0.813. The summed E-state index contributed by atoms with van der Waals surface area (Å²) in [5.74, 6) is 0.751. The number of nitrogens with two attached hydrogens (primary N) is 1. The number of thiocarbonyl (C=S) groups is 1. The summed E-state index contributed by atoms with van der Waals surface area (Å²) in [6, 6.07) is 11.6. The number of aryl methyl sites for hydroxylation is 1. The molecular weight excluding hydrogens is 336 g/mol. The van der Waals surface area contributed by atoms with Crippen LogP contribution in [0.5, 0.6) is 5.75 Å². The molecule has 0 unspecified atom stereocenters. The highest BCUT2D eigenvalue weighted by Gasteiger charge is 2.08. The van der Waals surface area contributed by atoms with Crippen molar-refractivity contribution in [1.29, 1.82) is 0 Å². The summed E-state index contributed by atoms with van der Waals surface area (Å²) in [7, 11) is 1.63. The van der Waals surface area contributed by atoms with Crippen molar-refractivity contribution in [2.45, 2.75) is 6.92 Å². The maximum Gasteiger partial charge on any atom is 0.120 e. The maximum absolute atomic E-state index is 5.76. The van der Waals surface area contributed by atoms with E-state index in [-0.39, 0.29) is 0 Å². The first-order valence-electron chi connectivity index (χ1n) is 6.02. The van der Waals surface area contributed by atoms with Crippen molar-refractivity contribution in [2.24, 2.45) is 5.73 Å². The van der Waals surface area contributed by atoms with Crippen molar-refractivity contribution in [1.82, 2.24) is 0 Å². The third-order valence-electron chi connectivity index (χ3n) is 2.93. The summed E-state index contributed by atoms with van der Waals surface area (Å²) in [4.78, 5) is 0.351. The Labute approximate surface area is 132 Å². The van der Waals surface area contributed by atoms with E-state index in [9.17, 15) is 0 Å².